The van der Waals surface area contributed by atoms with Gasteiger partial charge in [-0.2, -0.15) is 0 Å². The summed E-state index contributed by atoms with van der Waals surface area (Å²) in [6.45, 7) is 24.3. The number of ether oxygens (including phenoxy) is 2. The standard InChI is InChI=1S/C52H78N4O5/c1-38(21-15-23-40(3)26-28-45-42(5)35-44(36-51(45,7)8)60-48(57)25-17-32-55-33-18-31-54)19-11-12-20-39(2)22-16-24-41(4)27-29-46-43(6)49(58)47(37-52(46,9)10)61-50(59)56-34-14-13-30-53/h11-12,15-16,19-24,26-29,44,47,55H,13-14,17-18,25,30-37,53-54H2,1-10H3,(H,56,59)/b12-11+,21-15+,22-16+,28-26+,29-27+,38-19+,39-20+,40-23+,41-24+. The first-order valence-corrected chi connectivity index (χ1v) is 22.2. The predicted molar refractivity (Wildman–Crippen MR) is 255 cm³/mol. The number of hydrogen-bond donors (Lipinski definition) is 4. The molecule has 0 aromatic heterocycles. The fourth-order valence-corrected chi connectivity index (χ4v) is 7.58. The SMILES string of the molecule is CC1=C(/C=C/C(C)=C/C=C/C(C)=C/C=C/C=C(C)/C=C/C=C(C)/C=C/C2=C(C)C(=O)C(OC(=O)NCCCCN)CC2(C)C)C(C)(C)CC(OC(=O)CCCNCCCN)C1. The van der Waals surface area contributed by atoms with Gasteiger partial charge in [0.25, 0.3) is 0 Å². The number of carbonyl (C=O) groups is 3. The normalized spacial score (nSPS) is 20.7. The van der Waals surface area contributed by atoms with E-state index in [0.717, 1.165) is 79.5 Å². The summed E-state index contributed by atoms with van der Waals surface area (Å²) in [6.07, 6.45) is 33.4. The Kier molecular flexibility index (Phi) is 23.6. The fraction of sp³-hybridized carbons (Fsp3) is 0.519. The van der Waals surface area contributed by atoms with Crippen molar-refractivity contribution in [2.45, 2.75) is 133 Å². The number of amides is 1. The molecule has 2 aliphatic rings. The molecular formula is C52H78N4O5. The molecule has 0 spiro atoms. The van der Waals surface area contributed by atoms with E-state index in [1.54, 1.807) is 0 Å². The van der Waals surface area contributed by atoms with Crippen molar-refractivity contribution in [1.82, 2.24) is 10.6 Å². The van der Waals surface area contributed by atoms with Crippen LogP contribution in [-0.2, 0) is 19.1 Å². The molecule has 2 aliphatic carbocycles. The van der Waals surface area contributed by atoms with E-state index in [9.17, 15) is 14.4 Å². The molecule has 0 aromatic carbocycles. The summed E-state index contributed by atoms with van der Waals surface area (Å²) in [7, 11) is 0. The molecule has 2 unspecified atom stereocenters. The Morgan fingerprint density at radius 1 is 0.672 bits per heavy atom. The Hall–Kier alpha value is -4.57. The van der Waals surface area contributed by atoms with Crippen molar-refractivity contribution in [3.05, 3.63) is 130 Å². The first kappa shape index (κ1) is 52.6. The number of nitrogens with two attached hydrogens (primary N) is 2. The lowest BCUT2D eigenvalue weighted by Gasteiger charge is -2.37. The highest BCUT2D eigenvalue weighted by molar-refractivity contribution is 6.01. The minimum absolute atomic E-state index is 0.0834. The van der Waals surface area contributed by atoms with Crippen LogP contribution in [0.25, 0.3) is 0 Å². The lowest BCUT2D eigenvalue weighted by Crippen LogP contribution is -2.41. The Morgan fingerprint density at radius 2 is 1.20 bits per heavy atom. The second-order valence-corrected chi connectivity index (χ2v) is 17.8. The first-order chi connectivity index (χ1) is 28.9. The fourth-order valence-electron chi connectivity index (χ4n) is 7.58. The minimum Gasteiger partial charge on any atom is -0.462 e. The number of esters is 1. The third-order valence-electron chi connectivity index (χ3n) is 11.0. The summed E-state index contributed by atoms with van der Waals surface area (Å²) < 4.78 is 11.4. The number of ketones is 1. The number of unbranched alkanes of at least 4 members (excludes halogenated alkanes) is 1. The van der Waals surface area contributed by atoms with Gasteiger partial charge >= 0.3 is 12.1 Å². The molecule has 0 bridgehead atoms. The quantitative estimate of drug-likeness (QED) is 0.0452. The molecule has 0 saturated heterocycles. The largest absolute Gasteiger partial charge is 0.462 e. The van der Waals surface area contributed by atoms with Crippen molar-refractivity contribution < 1.29 is 23.9 Å². The van der Waals surface area contributed by atoms with Crippen molar-refractivity contribution >= 4 is 17.8 Å². The van der Waals surface area contributed by atoms with E-state index in [1.165, 1.54) is 11.1 Å². The zero-order valence-electron chi connectivity index (χ0n) is 39.1. The van der Waals surface area contributed by atoms with Crippen molar-refractivity contribution in [3.63, 3.8) is 0 Å². The monoisotopic (exact) mass is 839 g/mol. The lowest BCUT2D eigenvalue weighted by molar-refractivity contribution is -0.150. The Morgan fingerprint density at radius 3 is 1.77 bits per heavy atom. The van der Waals surface area contributed by atoms with Crippen LogP contribution in [-0.4, -0.2) is 62.8 Å². The van der Waals surface area contributed by atoms with Crippen LogP contribution in [0.4, 0.5) is 4.79 Å². The van der Waals surface area contributed by atoms with Crippen molar-refractivity contribution in [2.24, 2.45) is 22.3 Å². The molecule has 336 valence electrons. The van der Waals surface area contributed by atoms with Gasteiger partial charge in [-0.05, 0) is 127 Å². The van der Waals surface area contributed by atoms with Crippen LogP contribution in [0.2, 0.25) is 0 Å². The van der Waals surface area contributed by atoms with Gasteiger partial charge in [-0.25, -0.2) is 4.79 Å². The Balaban J connectivity index is 1.90. The van der Waals surface area contributed by atoms with E-state index < -0.39 is 12.2 Å². The number of hydrogen-bond acceptors (Lipinski definition) is 8. The average molecular weight is 839 g/mol. The van der Waals surface area contributed by atoms with E-state index in [1.807, 2.05) is 50.3 Å². The molecule has 2 rings (SSSR count). The maximum atomic E-state index is 13.1. The molecule has 9 nitrogen and oxygen atoms in total. The van der Waals surface area contributed by atoms with Crippen LogP contribution >= 0.6 is 0 Å². The highest BCUT2D eigenvalue weighted by Gasteiger charge is 2.40. The Labute approximate surface area is 368 Å². The first-order valence-electron chi connectivity index (χ1n) is 22.2. The minimum atomic E-state index is -0.795. The Bertz CT molecular complexity index is 1830. The topological polar surface area (TPSA) is 146 Å². The van der Waals surface area contributed by atoms with Gasteiger partial charge in [0.1, 0.15) is 6.10 Å². The van der Waals surface area contributed by atoms with Gasteiger partial charge in [-0.3, -0.25) is 9.59 Å². The highest BCUT2D eigenvalue weighted by atomic mass is 16.6. The summed E-state index contributed by atoms with van der Waals surface area (Å²) >= 11 is 0. The molecule has 0 aliphatic heterocycles. The second kappa shape index (κ2) is 27.4. The molecule has 6 N–H and O–H groups in total. The molecule has 0 radical (unpaired) electrons. The van der Waals surface area contributed by atoms with Crippen LogP contribution in [0.5, 0.6) is 0 Å². The molecule has 0 aromatic rings. The zero-order chi connectivity index (χ0) is 45.4. The van der Waals surface area contributed by atoms with Gasteiger partial charge in [0.05, 0.1) is 0 Å². The number of Topliss-reactive ketones (excluding diaryl/α,β-unsaturated/α-hetero) is 1. The van der Waals surface area contributed by atoms with E-state index in [4.69, 9.17) is 20.9 Å². The van der Waals surface area contributed by atoms with E-state index in [-0.39, 0.29) is 28.7 Å². The molecular weight excluding hydrogens is 761 g/mol. The maximum Gasteiger partial charge on any atom is 0.407 e. The summed E-state index contributed by atoms with van der Waals surface area (Å²) in [5, 5.41) is 6.03. The van der Waals surface area contributed by atoms with Crippen LogP contribution in [0.15, 0.2) is 130 Å². The van der Waals surface area contributed by atoms with Crippen molar-refractivity contribution in [3.8, 4) is 0 Å². The number of nitrogens with one attached hydrogen (secondary N) is 2. The van der Waals surface area contributed by atoms with Crippen LogP contribution < -0.4 is 22.1 Å². The third-order valence-corrected chi connectivity index (χ3v) is 11.0. The number of allylic oxidation sites excluding steroid dienone is 20. The summed E-state index contributed by atoms with van der Waals surface area (Å²) in [5.74, 6) is -0.263. The van der Waals surface area contributed by atoms with Gasteiger partial charge in [0.2, 0.25) is 0 Å². The highest BCUT2D eigenvalue weighted by Crippen LogP contribution is 2.43. The molecule has 0 saturated carbocycles. The van der Waals surface area contributed by atoms with Crippen LogP contribution in [0, 0.1) is 10.8 Å². The van der Waals surface area contributed by atoms with Crippen molar-refractivity contribution in [2.75, 3.05) is 32.7 Å². The number of rotatable bonds is 23. The molecule has 0 heterocycles. The van der Waals surface area contributed by atoms with Gasteiger partial charge in [0, 0.05) is 25.8 Å². The molecule has 2 atom stereocenters. The van der Waals surface area contributed by atoms with Gasteiger partial charge in [0.15, 0.2) is 11.9 Å². The van der Waals surface area contributed by atoms with Gasteiger partial charge in [-0.15, -0.1) is 0 Å². The average Bonchev–Trinajstić information content (AvgIpc) is 3.17. The van der Waals surface area contributed by atoms with Crippen molar-refractivity contribution in [1.29, 1.82) is 0 Å². The summed E-state index contributed by atoms with van der Waals surface area (Å²) in [5.41, 5.74) is 19.2. The van der Waals surface area contributed by atoms with Gasteiger partial charge in [-0.1, -0.05) is 141 Å². The second-order valence-electron chi connectivity index (χ2n) is 17.8. The van der Waals surface area contributed by atoms with E-state index in [0.29, 0.717) is 38.0 Å². The number of carbonyl (C=O) groups excluding carboxylic acids is 3. The van der Waals surface area contributed by atoms with E-state index >= 15 is 0 Å². The molecule has 1 amide bonds. The molecule has 61 heavy (non-hydrogen) atoms. The maximum absolute atomic E-state index is 13.1. The predicted octanol–water partition coefficient (Wildman–Crippen LogP) is 10.5. The molecule has 9 heteroatoms. The van der Waals surface area contributed by atoms with Crippen LogP contribution in [0.3, 0.4) is 0 Å². The smallest absolute Gasteiger partial charge is 0.407 e. The van der Waals surface area contributed by atoms with Gasteiger partial charge < -0.3 is 31.6 Å². The zero-order valence-corrected chi connectivity index (χ0v) is 39.1. The lowest BCUT2D eigenvalue weighted by atomic mass is 9.71. The summed E-state index contributed by atoms with van der Waals surface area (Å²) in [4.78, 5) is 37.9. The third kappa shape index (κ3) is 20.2. The number of alkyl carbamates (subject to hydrolysis) is 1. The summed E-state index contributed by atoms with van der Waals surface area (Å²) in [6, 6.07) is 0. The van der Waals surface area contributed by atoms with E-state index in [2.05, 4.69) is 115 Å². The molecule has 0 fully saturated rings. The van der Waals surface area contributed by atoms with Crippen LogP contribution in [0.1, 0.15) is 121 Å².